The molecule has 0 amide bonds. The van der Waals surface area contributed by atoms with E-state index in [4.69, 9.17) is 28.1 Å². The predicted molar refractivity (Wildman–Crippen MR) is 373 cm³/mol. The highest BCUT2D eigenvalue weighted by atomic mass is 15.0. The maximum atomic E-state index is 10.4. The zero-order valence-electron chi connectivity index (χ0n) is 53.2. The largest absolute Gasteiger partial charge is 0.309 e. The van der Waals surface area contributed by atoms with Gasteiger partial charge in [-0.3, -0.25) is 0 Å². The Balaban J connectivity index is 1.07. The molecule has 0 saturated heterocycles. The molecule has 0 bridgehead atoms. The number of hydrogen-bond acceptors (Lipinski definition) is 4. The second-order valence-corrected chi connectivity index (χ2v) is 28.0. The van der Waals surface area contributed by atoms with Gasteiger partial charge in [0, 0.05) is 49.6 Å². The van der Waals surface area contributed by atoms with Gasteiger partial charge in [-0.25, -0.2) is 24.6 Å². The molecule has 0 atom stereocenters. The van der Waals surface area contributed by atoms with Gasteiger partial charge in [-0.2, -0.15) is 5.26 Å². The molecule has 10 aromatic carbocycles. The van der Waals surface area contributed by atoms with Crippen LogP contribution in [0, 0.1) is 24.5 Å². The fourth-order valence-electron chi connectivity index (χ4n) is 12.5. The summed E-state index contributed by atoms with van der Waals surface area (Å²) in [6.07, 6.45) is 0. The molecule has 0 aliphatic heterocycles. The summed E-state index contributed by atoms with van der Waals surface area (Å²) in [5.41, 5.74) is 20.2. The second-order valence-electron chi connectivity index (χ2n) is 28.0. The quantitative estimate of drug-likeness (QED) is 0.142. The summed E-state index contributed by atoms with van der Waals surface area (Å²) in [5.74, 6) is 1.34. The summed E-state index contributed by atoms with van der Waals surface area (Å²) in [7, 11) is 0. The molecular weight excluding hydrogens is 1100 g/mol. The third-order valence-corrected chi connectivity index (χ3v) is 17.7. The Bertz CT molecular complexity index is 4780. The highest BCUT2D eigenvalue weighted by Gasteiger charge is 2.26. The first-order valence-electron chi connectivity index (χ1n) is 30.8. The molecule has 0 fully saturated rings. The maximum Gasteiger partial charge on any atom is 0.187 e. The Hall–Kier alpha value is -10.7. The van der Waals surface area contributed by atoms with Crippen molar-refractivity contribution >= 4 is 55.0 Å². The van der Waals surface area contributed by atoms with E-state index in [0.717, 1.165) is 83.5 Å². The van der Waals surface area contributed by atoms with Crippen LogP contribution >= 0.6 is 0 Å². The molecule has 0 radical (unpaired) electrons. The van der Waals surface area contributed by atoms with Crippen molar-refractivity contribution in [2.24, 2.45) is 0 Å². The number of hydrogen-bond donors (Lipinski definition) is 0. The van der Waals surface area contributed by atoms with Crippen LogP contribution in [0.5, 0.6) is 0 Å². The number of rotatable bonds is 8. The molecule has 13 rings (SSSR count). The predicted octanol–water partition coefficient (Wildman–Crippen LogP) is 22.2. The van der Waals surface area contributed by atoms with Crippen molar-refractivity contribution in [2.45, 2.75) is 105 Å². The minimum atomic E-state index is -0.0650. The van der Waals surface area contributed by atoms with Crippen LogP contribution in [-0.2, 0) is 21.7 Å². The third-order valence-electron chi connectivity index (χ3n) is 17.7. The molecule has 0 N–H and O–H groups in total. The first-order chi connectivity index (χ1) is 42.9. The lowest BCUT2D eigenvalue weighted by molar-refractivity contribution is 0.590. The zero-order valence-corrected chi connectivity index (χ0v) is 53.2. The Kier molecular flexibility index (Phi) is 14.2. The molecule has 0 unspecified atom stereocenters. The van der Waals surface area contributed by atoms with Gasteiger partial charge in [0.1, 0.15) is 0 Å². The van der Waals surface area contributed by atoms with Crippen molar-refractivity contribution < 1.29 is 0 Å². The van der Waals surface area contributed by atoms with E-state index in [9.17, 15) is 5.26 Å². The van der Waals surface area contributed by atoms with Gasteiger partial charge in [0.25, 0.3) is 0 Å². The molecule has 438 valence electrons. The van der Waals surface area contributed by atoms with Gasteiger partial charge in [-0.15, -0.1) is 0 Å². The Labute approximate surface area is 528 Å². The first kappa shape index (κ1) is 58.3. The number of nitrogens with zero attached hydrogens (tertiary/aromatic N) is 8. The Morgan fingerprint density at radius 2 is 0.689 bits per heavy atom. The molecule has 13 aromatic rings. The summed E-state index contributed by atoms with van der Waals surface area (Å²) in [4.78, 5) is 24.1. The molecule has 0 saturated carbocycles. The molecule has 0 aliphatic rings. The highest BCUT2D eigenvalue weighted by Crippen LogP contribution is 2.44. The van der Waals surface area contributed by atoms with Crippen molar-refractivity contribution in [1.29, 1.82) is 5.26 Å². The van der Waals surface area contributed by atoms with E-state index in [1.165, 1.54) is 43.8 Å². The summed E-state index contributed by atoms with van der Waals surface area (Å²) < 4.78 is 4.72. The summed E-state index contributed by atoms with van der Waals surface area (Å²) in [6.45, 7) is 43.1. The zero-order chi connectivity index (χ0) is 63.2. The van der Waals surface area contributed by atoms with Gasteiger partial charge in [0.05, 0.1) is 46.8 Å². The van der Waals surface area contributed by atoms with Crippen molar-refractivity contribution in [2.75, 3.05) is 0 Å². The van der Waals surface area contributed by atoms with E-state index in [1.807, 2.05) is 84.9 Å². The minimum absolute atomic E-state index is 0.0639. The SMILES string of the molecule is [C-]#[N+]c1cccc(-c2ccc(-c3nc(-c4ccc(-n5c6ccc(C(C)(C)C)cc6c6cc(C(C)(C)C)ccc65)cc4-c4cccc(C#N)c4)nc(-c4ccc(-n5c6ccc(C(C)(C)C)cc6c6cc(C(C)(C)C)ccc65)cc4-c4cccc([N+]#[C-])c4)n3)cc2)c1. The van der Waals surface area contributed by atoms with E-state index < -0.39 is 0 Å². The van der Waals surface area contributed by atoms with E-state index in [0.29, 0.717) is 34.4 Å². The Morgan fingerprint density at radius 1 is 0.333 bits per heavy atom. The fourth-order valence-corrected chi connectivity index (χ4v) is 12.5. The van der Waals surface area contributed by atoms with Crippen LogP contribution in [-0.4, -0.2) is 24.1 Å². The lowest BCUT2D eigenvalue weighted by atomic mass is 9.85. The van der Waals surface area contributed by atoms with E-state index in [1.54, 1.807) is 0 Å². The van der Waals surface area contributed by atoms with E-state index in [2.05, 4.69) is 229 Å². The van der Waals surface area contributed by atoms with Crippen molar-refractivity contribution in [3.8, 4) is 85.0 Å². The number of fused-ring (bicyclic) bond motifs is 6. The normalized spacial score (nSPS) is 12.2. The van der Waals surface area contributed by atoms with Crippen LogP contribution in [0.15, 0.2) is 206 Å². The van der Waals surface area contributed by atoms with E-state index >= 15 is 0 Å². The summed E-state index contributed by atoms with van der Waals surface area (Å²) in [6, 6.07) is 74.3. The lowest BCUT2D eigenvalue weighted by Gasteiger charge is -2.19. The summed E-state index contributed by atoms with van der Waals surface area (Å²) >= 11 is 0. The average Bonchev–Trinajstić information content (AvgIpc) is 1.55. The van der Waals surface area contributed by atoms with Gasteiger partial charge >= 0.3 is 0 Å². The smallest absolute Gasteiger partial charge is 0.187 e. The topological polar surface area (TPSA) is 81.0 Å². The molecule has 90 heavy (non-hydrogen) atoms. The standard InChI is InChI=1S/C82H70N8/c1-79(2,3)56-28-36-72-68(43-56)69-44-57(80(4,5)6)29-37-73(69)89(72)62-32-34-64(66(47-62)54-20-15-18-50(40-54)49-83)77-86-76(52-26-24-51(25-27-52)53-19-16-22-60(41-53)84-13)87-78(88-77)65-35-33-63(48-67(65)55-21-17-23-61(42-55)85-14)90-74-38-30-58(81(7,8)9)45-70(74)71-46-59(82(10,11)12)31-39-75(71)90/h15-48H,1-12H3. The molecule has 0 spiro atoms. The van der Waals surface area contributed by atoms with Gasteiger partial charge in [0.15, 0.2) is 28.8 Å². The first-order valence-corrected chi connectivity index (χ1v) is 30.8. The van der Waals surface area contributed by atoms with E-state index in [-0.39, 0.29) is 21.7 Å². The van der Waals surface area contributed by atoms with Crippen LogP contribution < -0.4 is 0 Å². The maximum absolute atomic E-state index is 10.4. The summed E-state index contributed by atoms with van der Waals surface area (Å²) in [5, 5.41) is 15.2. The molecular formula is C82H70N8. The highest BCUT2D eigenvalue weighted by molar-refractivity contribution is 6.11. The van der Waals surface area contributed by atoms with Crippen LogP contribution in [0.4, 0.5) is 11.4 Å². The van der Waals surface area contributed by atoms with Crippen LogP contribution in [0.1, 0.15) is 111 Å². The molecule has 3 heterocycles. The second kappa shape index (κ2) is 21.8. The van der Waals surface area contributed by atoms with Gasteiger partial charge in [-0.1, -0.05) is 180 Å². The number of nitriles is 1. The van der Waals surface area contributed by atoms with Crippen molar-refractivity contribution in [1.82, 2.24) is 24.1 Å². The monoisotopic (exact) mass is 1170 g/mol. The van der Waals surface area contributed by atoms with Gasteiger partial charge in [0.2, 0.25) is 0 Å². The molecule has 8 nitrogen and oxygen atoms in total. The van der Waals surface area contributed by atoms with Crippen molar-refractivity contribution in [3.05, 3.63) is 257 Å². The van der Waals surface area contributed by atoms with Gasteiger partial charge < -0.3 is 9.13 Å². The minimum Gasteiger partial charge on any atom is -0.309 e. The molecule has 3 aromatic heterocycles. The van der Waals surface area contributed by atoms with Gasteiger partial charge in [-0.05, 0) is 186 Å². The molecule has 8 heteroatoms. The van der Waals surface area contributed by atoms with Crippen LogP contribution in [0.3, 0.4) is 0 Å². The third kappa shape index (κ3) is 10.7. The number of benzene rings is 10. The molecule has 0 aliphatic carbocycles. The Morgan fingerprint density at radius 3 is 1.08 bits per heavy atom. The average molecular weight is 1170 g/mol. The van der Waals surface area contributed by atoms with Crippen LogP contribution in [0.2, 0.25) is 0 Å². The van der Waals surface area contributed by atoms with Crippen LogP contribution in [0.25, 0.3) is 132 Å². The fraction of sp³-hybridized carbons (Fsp3) is 0.195. The lowest BCUT2D eigenvalue weighted by Crippen LogP contribution is -2.10. The number of aromatic nitrogens is 5. The van der Waals surface area contributed by atoms with Crippen molar-refractivity contribution in [3.63, 3.8) is 0 Å².